The normalized spacial score (nSPS) is 12.9. The fraction of sp³-hybridized carbons (Fsp3) is 0.571. The van der Waals surface area contributed by atoms with Gasteiger partial charge in [0.25, 0.3) is 0 Å². The van der Waals surface area contributed by atoms with E-state index in [1.807, 2.05) is 6.92 Å². The maximum atomic E-state index is 13.1. The smallest absolute Gasteiger partial charge is 0.124 e. The fourth-order valence-corrected chi connectivity index (χ4v) is 2.40. The number of ether oxygens (including phenoxy) is 1. The van der Waals surface area contributed by atoms with Gasteiger partial charge < -0.3 is 10.5 Å². The Hall–Kier alpha value is -0.680. The first-order valence-corrected chi connectivity index (χ1v) is 6.98. The third-order valence-electron chi connectivity index (χ3n) is 3.12. The van der Waals surface area contributed by atoms with Crippen LogP contribution >= 0.6 is 11.6 Å². The highest BCUT2D eigenvalue weighted by atomic mass is 35.5. The fourth-order valence-electron chi connectivity index (χ4n) is 2.10. The zero-order chi connectivity index (χ0) is 14.3. The lowest BCUT2D eigenvalue weighted by molar-refractivity contribution is 0.0980. The van der Waals surface area contributed by atoms with E-state index in [1.165, 1.54) is 12.1 Å². The molecule has 0 saturated heterocycles. The minimum atomic E-state index is -0.332. The number of hydrogen-bond donors (Lipinski definition) is 1. The largest absolute Gasteiger partial charge is 0.380 e. The van der Waals surface area contributed by atoms with Gasteiger partial charge in [0.1, 0.15) is 5.82 Å². The average molecular weight is 289 g/mol. The summed E-state index contributed by atoms with van der Waals surface area (Å²) >= 11 is 6.11. The molecule has 0 aliphatic heterocycles. The van der Waals surface area contributed by atoms with Crippen molar-refractivity contribution in [1.29, 1.82) is 0 Å². The first-order chi connectivity index (χ1) is 9.13. The molecule has 1 unspecified atom stereocenters. The van der Waals surface area contributed by atoms with Gasteiger partial charge in [-0.1, -0.05) is 24.6 Å². The van der Waals surface area contributed by atoms with Crippen molar-refractivity contribution in [1.82, 2.24) is 4.90 Å². The van der Waals surface area contributed by atoms with Crippen molar-refractivity contribution in [2.45, 2.75) is 19.9 Å². The molecule has 1 aromatic rings. The van der Waals surface area contributed by atoms with E-state index in [0.29, 0.717) is 24.8 Å². The molecule has 0 saturated carbocycles. The van der Waals surface area contributed by atoms with Crippen LogP contribution in [-0.4, -0.2) is 37.7 Å². The van der Waals surface area contributed by atoms with Crippen LogP contribution in [0.3, 0.4) is 0 Å². The van der Waals surface area contributed by atoms with Crippen LogP contribution in [0.25, 0.3) is 0 Å². The first kappa shape index (κ1) is 16.4. The molecule has 0 aliphatic carbocycles. The molecule has 0 amide bonds. The van der Waals surface area contributed by atoms with Gasteiger partial charge in [0.05, 0.1) is 6.61 Å². The molecule has 0 aromatic heterocycles. The van der Waals surface area contributed by atoms with E-state index in [4.69, 9.17) is 22.1 Å². The number of benzene rings is 1. The topological polar surface area (TPSA) is 38.5 Å². The standard InChI is InChI=1S/C14H22ClFN2O/c1-3-18(7-8-19-4-2)14(10-17)12-6-5-11(16)9-13(12)15/h5-6,9,14H,3-4,7-8,10,17H2,1-2H3. The number of nitrogens with zero attached hydrogens (tertiary/aromatic N) is 1. The van der Waals surface area contributed by atoms with E-state index in [2.05, 4.69) is 11.8 Å². The Morgan fingerprint density at radius 3 is 2.68 bits per heavy atom. The van der Waals surface area contributed by atoms with Gasteiger partial charge in [0.15, 0.2) is 0 Å². The Bertz CT molecular complexity index is 390. The van der Waals surface area contributed by atoms with Gasteiger partial charge in [-0.05, 0) is 31.2 Å². The van der Waals surface area contributed by atoms with Gasteiger partial charge in [-0.25, -0.2) is 4.39 Å². The second-order valence-corrected chi connectivity index (χ2v) is 4.65. The molecule has 1 aromatic carbocycles. The summed E-state index contributed by atoms with van der Waals surface area (Å²) in [6, 6.07) is 4.44. The van der Waals surface area contributed by atoms with Crippen LogP contribution in [0.2, 0.25) is 5.02 Å². The lowest BCUT2D eigenvalue weighted by Gasteiger charge is -2.30. The van der Waals surface area contributed by atoms with E-state index in [0.717, 1.165) is 18.7 Å². The van der Waals surface area contributed by atoms with Crippen molar-refractivity contribution >= 4 is 11.6 Å². The highest BCUT2D eigenvalue weighted by molar-refractivity contribution is 6.31. The van der Waals surface area contributed by atoms with Crippen LogP contribution in [-0.2, 0) is 4.74 Å². The second-order valence-electron chi connectivity index (χ2n) is 4.24. The lowest BCUT2D eigenvalue weighted by atomic mass is 10.0. The minimum absolute atomic E-state index is 0.0152. The van der Waals surface area contributed by atoms with Crippen molar-refractivity contribution in [2.24, 2.45) is 5.73 Å². The molecular weight excluding hydrogens is 267 g/mol. The van der Waals surface area contributed by atoms with E-state index < -0.39 is 0 Å². The molecule has 3 nitrogen and oxygen atoms in total. The van der Waals surface area contributed by atoms with Crippen molar-refractivity contribution in [3.8, 4) is 0 Å². The molecule has 0 aliphatic rings. The number of halogens is 2. The maximum Gasteiger partial charge on any atom is 0.124 e. The second kappa shape index (κ2) is 8.48. The summed E-state index contributed by atoms with van der Waals surface area (Å²) in [4.78, 5) is 2.19. The number of likely N-dealkylation sites (N-methyl/N-ethyl adjacent to an activating group) is 1. The van der Waals surface area contributed by atoms with Crippen molar-refractivity contribution in [3.63, 3.8) is 0 Å². The Morgan fingerprint density at radius 1 is 1.42 bits per heavy atom. The third-order valence-corrected chi connectivity index (χ3v) is 3.45. The third kappa shape index (κ3) is 4.73. The number of nitrogens with two attached hydrogens (primary N) is 1. The summed E-state index contributed by atoms with van der Waals surface area (Å²) in [6.45, 7) is 7.43. The van der Waals surface area contributed by atoms with E-state index >= 15 is 0 Å². The molecule has 5 heteroatoms. The summed E-state index contributed by atoms with van der Waals surface area (Å²) in [7, 11) is 0. The van der Waals surface area contributed by atoms with Gasteiger partial charge in [-0.2, -0.15) is 0 Å². The zero-order valence-electron chi connectivity index (χ0n) is 11.5. The summed E-state index contributed by atoms with van der Waals surface area (Å²) in [5.74, 6) is -0.332. The van der Waals surface area contributed by atoms with Crippen LogP contribution < -0.4 is 5.73 Å². The van der Waals surface area contributed by atoms with Gasteiger partial charge in [-0.15, -0.1) is 0 Å². The predicted octanol–water partition coefficient (Wildman–Crippen LogP) is 2.84. The maximum absolute atomic E-state index is 13.1. The molecule has 0 heterocycles. The number of hydrogen-bond acceptors (Lipinski definition) is 3. The molecule has 1 rings (SSSR count). The minimum Gasteiger partial charge on any atom is -0.380 e. The molecule has 108 valence electrons. The van der Waals surface area contributed by atoms with Gasteiger partial charge >= 0.3 is 0 Å². The quantitative estimate of drug-likeness (QED) is 0.748. The molecule has 2 N–H and O–H groups in total. The van der Waals surface area contributed by atoms with E-state index in [1.54, 1.807) is 6.07 Å². The molecule has 0 fully saturated rings. The van der Waals surface area contributed by atoms with E-state index in [-0.39, 0.29) is 11.9 Å². The first-order valence-electron chi connectivity index (χ1n) is 6.60. The van der Waals surface area contributed by atoms with Crippen LogP contribution in [0.4, 0.5) is 4.39 Å². The Morgan fingerprint density at radius 2 is 2.16 bits per heavy atom. The average Bonchev–Trinajstić information content (AvgIpc) is 2.39. The van der Waals surface area contributed by atoms with Crippen molar-refractivity contribution < 1.29 is 9.13 Å². The van der Waals surface area contributed by atoms with Gasteiger partial charge in [-0.3, -0.25) is 4.90 Å². The van der Waals surface area contributed by atoms with Crippen molar-refractivity contribution in [3.05, 3.63) is 34.6 Å². The predicted molar refractivity (Wildman–Crippen MR) is 76.9 cm³/mol. The molecule has 0 bridgehead atoms. The monoisotopic (exact) mass is 288 g/mol. The molecule has 1 atom stereocenters. The number of rotatable bonds is 8. The zero-order valence-corrected chi connectivity index (χ0v) is 12.3. The lowest BCUT2D eigenvalue weighted by Crippen LogP contribution is -2.36. The van der Waals surface area contributed by atoms with Crippen LogP contribution in [0.1, 0.15) is 25.5 Å². The van der Waals surface area contributed by atoms with E-state index in [9.17, 15) is 4.39 Å². The van der Waals surface area contributed by atoms with Crippen LogP contribution in [0.15, 0.2) is 18.2 Å². The van der Waals surface area contributed by atoms with Gasteiger partial charge in [0, 0.05) is 30.8 Å². The summed E-state index contributed by atoms with van der Waals surface area (Å²) in [5, 5.41) is 0.422. The highest BCUT2D eigenvalue weighted by Crippen LogP contribution is 2.27. The summed E-state index contributed by atoms with van der Waals surface area (Å²) < 4.78 is 18.5. The SMILES string of the molecule is CCOCCN(CC)C(CN)c1ccc(F)cc1Cl. The molecule has 19 heavy (non-hydrogen) atoms. The highest BCUT2D eigenvalue weighted by Gasteiger charge is 2.20. The van der Waals surface area contributed by atoms with Crippen LogP contribution in [0, 0.1) is 5.82 Å². The van der Waals surface area contributed by atoms with Gasteiger partial charge in [0.2, 0.25) is 0 Å². The summed E-state index contributed by atoms with van der Waals surface area (Å²) in [6.07, 6.45) is 0. The Kier molecular flexibility index (Phi) is 7.31. The molecular formula is C14H22ClFN2O. The van der Waals surface area contributed by atoms with Crippen molar-refractivity contribution in [2.75, 3.05) is 32.8 Å². The molecule has 0 radical (unpaired) electrons. The van der Waals surface area contributed by atoms with Crippen LogP contribution in [0.5, 0.6) is 0 Å². The summed E-state index contributed by atoms with van der Waals surface area (Å²) in [5.41, 5.74) is 6.72. The Labute approximate surface area is 119 Å². The molecule has 0 spiro atoms. The Balaban J connectivity index is 2.84.